The van der Waals surface area contributed by atoms with Crippen molar-refractivity contribution in [3.8, 4) is 5.75 Å². The van der Waals surface area contributed by atoms with Gasteiger partial charge in [0.25, 0.3) is 5.91 Å². The third kappa shape index (κ3) is 4.34. The van der Waals surface area contributed by atoms with Crippen LogP contribution in [0.3, 0.4) is 0 Å². The number of benzene rings is 2. The topological polar surface area (TPSA) is 75.7 Å². The fraction of sp³-hybridized carbons (Fsp3) is 0.458. The summed E-state index contributed by atoms with van der Waals surface area (Å²) in [5, 5.41) is 3.11. The Balaban J connectivity index is 1.63. The standard InChI is InChI=1S/C24H30N2O4S/c1-17-8-5-6-15-26(17)31(28,29)23-16-19(13-14-22(23)30-2)24(27)25-21-12-7-10-18-9-3-4-11-20(18)21/h3-4,9,11,13-14,16-17,21H,5-8,10,12,15H2,1-2H3,(H,25,27)/t17-,21+/m1/s1. The molecule has 7 heteroatoms. The van der Waals surface area contributed by atoms with Gasteiger partial charge >= 0.3 is 0 Å². The van der Waals surface area contributed by atoms with E-state index < -0.39 is 10.0 Å². The van der Waals surface area contributed by atoms with E-state index >= 15 is 0 Å². The van der Waals surface area contributed by atoms with E-state index in [9.17, 15) is 13.2 Å². The lowest BCUT2D eigenvalue weighted by Crippen LogP contribution is -2.42. The van der Waals surface area contributed by atoms with Crippen LogP contribution in [0, 0.1) is 0 Å². The Bertz CT molecular complexity index is 1070. The minimum Gasteiger partial charge on any atom is -0.495 e. The van der Waals surface area contributed by atoms with Gasteiger partial charge in [-0.05, 0) is 68.4 Å². The summed E-state index contributed by atoms with van der Waals surface area (Å²) in [5.74, 6) is -0.00941. The van der Waals surface area contributed by atoms with Gasteiger partial charge in [0.1, 0.15) is 10.6 Å². The first-order valence-electron chi connectivity index (χ1n) is 11.0. The van der Waals surface area contributed by atoms with Crippen molar-refractivity contribution in [1.82, 2.24) is 9.62 Å². The maximum atomic E-state index is 13.4. The number of sulfonamides is 1. The van der Waals surface area contributed by atoms with Crippen molar-refractivity contribution in [1.29, 1.82) is 0 Å². The zero-order chi connectivity index (χ0) is 22.0. The lowest BCUT2D eigenvalue weighted by Gasteiger charge is -2.32. The Morgan fingerprint density at radius 2 is 1.90 bits per heavy atom. The molecule has 0 radical (unpaired) electrons. The molecular formula is C24H30N2O4S. The van der Waals surface area contributed by atoms with Gasteiger partial charge in [0.2, 0.25) is 10.0 Å². The van der Waals surface area contributed by atoms with Gasteiger partial charge in [-0.3, -0.25) is 4.79 Å². The van der Waals surface area contributed by atoms with Gasteiger partial charge in [0.15, 0.2) is 0 Å². The summed E-state index contributed by atoms with van der Waals surface area (Å²) in [7, 11) is -2.31. The molecule has 1 amide bonds. The van der Waals surface area contributed by atoms with Crippen LogP contribution in [0.5, 0.6) is 5.75 Å². The van der Waals surface area contributed by atoms with Gasteiger partial charge in [-0.25, -0.2) is 8.42 Å². The number of fused-ring (bicyclic) bond motifs is 1. The molecule has 2 aliphatic rings. The second kappa shape index (κ2) is 9.01. The molecule has 1 saturated heterocycles. The zero-order valence-corrected chi connectivity index (χ0v) is 19.0. The number of hydrogen-bond acceptors (Lipinski definition) is 4. The quantitative estimate of drug-likeness (QED) is 0.758. The number of hydrogen-bond donors (Lipinski definition) is 1. The van der Waals surface area contributed by atoms with Crippen molar-refractivity contribution in [3.05, 3.63) is 59.2 Å². The van der Waals surface area contributed by atoms with Crippen LogP contribution in [0.4, 0.5) is 0 Å². The predicted octanol–water partition coefficient (Wildman–Crippen LogP) is 4.07. The number of ether oxygens (including phenoxy) is 1. The van der Waals surface area contributed by atoms with Crippen molar-refractivity contribution >= 4 is 15.9 Å². The summed E-state index contributed by atoms with van der Waals surface area (Å²) in [5.41, 5.74) is 2.73. The molecule has 0 aromatic heterocycles. The van der Waals surface area contributed by atoms with Crippen LogP contribution >= 0.6 is 0 Å². The highest BCUT2D eigenvalue weighted by Gasteiger charge is 2.34. The van der Waals surface area contributed by atoms with Crippen LogP contribution in [0.2, 0.25) is 0 Å². The fourth-order valence-electron chi connectivity index (χ4n) is 4.72. The van der Waals surface area contributed by atoms with Crippen molar-refractivity contribution in [2.24, 2.45) is 0 Å². The van der Waals surface area contributed by atoms with Crippen LogP contribution in [0.25, 0.3) is 0 Å². The molecule has 1 aliphatic heterocycles. The second-order valence-corrected chi connectivity index (χ2v) is 10.3. The third-order valence-corrected chi connectivity index (χ3v) is 8.46. The minimum atomic E-state index is -3.76. The van der Waals surface area contributed by atoms with Crippen LogP contribution in [-0.4, -0.2) is 38.3 Å². The molecule has 1 fully saturated rings. The number of aryl methyl sites for hydroxylation is 1. The largest absolute Gasteiger partial charge is 0.495 e. The number of amides is 1. The Labute approximate surface area is 184 Å². The predicted molar refractivity (Wildman–Crippen MR) is 120 cm³/mol. The molecule has 1 N–H and O–H groups in total. The van der Waals surface area contributed by atoms with E-state index in [0.717, 1.165) is 44.1 Å². The number of methoxy groups -OCH3 is 1. The first kappa shape index (κ1) is 21.8. The van der Waals surface area contributed by atoms with E-state index in [2.05, 4.69) is 17.4 Å². The van der Waals surface area contributed by atoms with Gasteiger partial charge in [-0.1, -0.05) is 30.7 Å². The molecule has 0 spiro atoms. The van der Waals surface area contributed by atoms with E-state index in [1.165, 1.54) is 23.0 Å². The summed E-state index contributed by atoms with van der Waals surface area (Å²) in [4.78, 5) is 13.1. The lowest BCUT2D eigenvalue weighted by atomic mass is 9.87. The van der Waals surface area contributed by atoms with Gasteiger partial charge in [-0.2, -0.15) is 4.31 Å². The molecule has 6 nitrogen and oxygen atoms in total. The van der Waals surface area contributed by atoms with Crippen LogP contribution < -0.4 is 10.1 Å². The smallest absolute Gasteiger partial charge is 0.251 e. The molecule has 0 unspecified atom stereocenters. The molecular weight excluding hydrogens is 412 g/mol. The SMILES string of the molecule is COc1ccc(C(=O)N[C@H]2CCCc3ccccc32)cc1S(=O)(=O)N1CCCC[C@H]1C. The van der Waals surface area contributed by atoms with E-state index in [-0.39, 0.29) is 28.6 Å². The number of carbonyl (C=O) groups excluding carboxylic acids is 1. The van der Waals surface area contributed by atoms with E-state index in [0.29, 0.717) is 12.1 Å². The van der Waals surface area contributed by atoms with Crippen LogP contribution in [0.1, 0.15) is 66.6 Å². The fourth-order valence-corrected chi connectivity index (χ4v) is 6.60. The first-order chi connectivity index (χ1) is 14.9. The van der Waals surface area contributed by atoms with E-state index in [1.54, 1.807) is 12.1 Å². The van der Waals surface area contributed by atoms with Gasteiger partial charge in [-0.15, -0.1) is 0 Å². The lowest BCUT2D eigenvalue weighted by molar-refractivity contribution is 0.0932. The number of nitrogens with one attached hydrogen (secondary N) is 1. The monoisotopic (exact) mass is 442 g/mol. The van der Waals surface area contributed by atoms with Crippen molar-refractivity contribution < 1.29 is 17.9 Å². The molecule has 2 aromatic carbocycles. The third-order valence-electron chi connectivity index (χ3n) is 6.43. The number of carbonyl (C=O) groups is 1. The molecule has 4 rings (SSSR count). The van der Waals surface area contributed by atoms with E-state index in [4.69, 9.17) is 4.74 Å². The maximum absolute atomic E-state index is 13.4. The van der Waals surface area contributed by atoms with Crippen LogP contribution in [0.15, 0.2) is 47.4 Å². The van der Waals surface area contributed by atoms with Crippen molar-refractivity contribution in [2.75, 3.05) is 13.7 Å². The first-order valence-corrected chi connectivity index (χ1v) is 12.4. The van der Waals surface area contributed by atoms with Crippen molar-refractivity contribution in [3.63, 3.8) is 0 Å². The normalized spacial score (nSPS) is 21.9. The number of nitrogens with zero attached hydrogens (tertiary/aromatic N) is 1. The minimum absolute atomic E-state index is 0.0560. The summed E-state index contributed by atoms with van der Waals surface area (Å²) >= 11 is 0. The summed E-state index contributed by atoms with van der Waals surface area (Å²) in [6.07, 6.45) is 5.60. The highest BCUT2D eigenvalue weighted by atomic mass is 32.2. The highest BCUT2D eigenvalue weighted by Crippen LogP contribution is 2.33. The molecule has 0 saturated carbocycles. The number of rotatable bonds is 5. The highest BCUT2D eigenvalue weighted by molar-refractivity contribution is 7.89. The molecule has 1 heterocycles. The molecule has 2 atom stereocenters. The van der Waals surface area contributed by atoms with Gasteiger partial charge in [0.05, 0.1) is 13.2 Å². The molecule has 2 aromatic rings. The van der Waals surface area contributed by atoms with Gasteiger partial charge < -0.3 is 10.1 Å². The van der Waals surface area contributed by atoms with Crippen LogP contribution in [-0.2, 0) is 16.4 Å². The average molecular weight is 443 g/mol. The Hall–Kier alpha value is -2.38. The zero-order valence-electron chi connectivity index (χ0n) is 18.1. The molecule has 166 valence electrons. The maximum Gasteiger partial charge on any atom is 0.251 e. The Kier molecular flexibility index (Phi) is 6.34. The summed E-state index contributed by atoms with van der Waals surface area (Å²) < 4.78 is 33.7. The summed E-state index contributed by atoms with van der Waals surface area (Å²) in [6, 6.07) is 12.7. The van der Waals surface area contributed by atoms with Crippen molar-refractivity contribution in [2.45, 2.75) is 62.4 Å². The average Bonchev–Trinajstić information content (AvgIpc) is 2.79. The Morgan fingerprint density at radius 3 is 2.68 bits per heavy atom. The Morgan fingerprint density at radius 1 is 1.10 bits per heavy atom. The molecule has 1 aliphatic carbocycles. The van der Waals surface area contributed by atoms with Gasteiger partial charge in [0, 0.05) is 18.2 Å². The second-order valence-electron chi connectivity index (χ2n) is 8.44. The molecule has 31 heavy (non-hydrogen) atoms. The molecule has 0 bridgehead atoms. The number of piperidine rings is 1. The van der Waals surface area contributed by atoms with E-state index in [1.807, 2.05) is 19.1 Å². The summed E-state index contributed by atoms with van der Waals surface area (Å²) in [6.45, 7) is 2.42.